The van der Waals surface area contributed by atoms with E-state index >= 15 is 0 Å². The first kappa shape index (κ1) is 91.4. The lowest BCUT2D eigenvalue weighted by Crippen LogP contribution is -2.51. The molecule has 5 atom stereocenters. The number of amides is 5. The molecule has 10 spiro atoms. The van der Waals surface area contributed by atoms with Crippen LogP contribution in [0, 0.1) is 45.5 Å². The monoisotopic (exact) mass is 1810 g/mol. The largest absolute Gasteiger partial charge is 0.385 e. The molecular weight excluding hydrogens is 1690 g/mol. The lowest BCUT2D eigenvalue weighted by molar-refractivity contribution is -0.138. The number of aliphatic imine (C=N–C) groups is 5. The average molecular weight is 1810 g/mol. The number of methoxy groups -OCH3 is 7. The molecule has 5 aromatic carbocycles. The Bertz CT molecular complexity index is 5480. The van der Waals surface area contributed by atoms with Crippen molar-refractivity contribution in [2.75, 3.05) is 98.2 Å². The van der Waals surface area contributed by atoms with E-state index in [1.165, 1.54) is 52.3 Å². The van der Waals surface area contributed by atoms with Crippen LogP contribution in [0.3, 0.4) is 0 Å². The second-order valence-electron chi connectivity index (χ2n) is 38.3. The van der Waals surface area contributed by atoms with Crippen LogP contribution in [0.1, 0.15) is 202 Å². The van der Waals surface area contributed by atoms with Crippen molar-refractivity contribution >= 4 is 81.0 Å². The Labute approximate surface area is 760 Å². The predicted molar refractivity (Wildman–Crippen MR) is 492 cm³/mol. The van der Waals surface area contributed by atoms with E-state index in [0.717, 1.165) is 223 Å². The molecule has 0 radical (unpaired) electrons. The smallest absolute Gasteiger partial charge is 0.262 e. The quantitative estimate of drug-likeness (QED) is 0.0493. The van der Waals surface area contributed by atoms with Crippen molar-refractivity contribution in [1.29, 1.82) is 0 Å². The summed E-state index contributed by atoms with van der Waals surface area (Å²) in [6.07, 6.45) is 26.1. The Morgan fingerprint density at radius 3 is 1.02 bits per heavy atom. The van der Waals surface area contributed by atoms with Gasteiger partial charge in [0, 0.05) is 129 Å². The molecule has 5 amide bonds. The van der Waals surface area contributed by atoms with Gasteiger partial charge in [-0.25, -0.2) is 29.8 Å². The van der Waals surface area contributed by atoms with Gasteiger partial charge < -0.3 is 61.8 Å². The third-order valence-corrected chi connectivity index (χ3v) is 33.1. The third kappa shape index (κ3) is 14.1. The summed E-state index contributed by atoms with van der Waals surface area (Å²) in [4.78, 5) is 102. The van der Waals surface area contributed by atoms with Crippen LogP contribution in [-0.4, -0.2) is 213 Å². The highest BCUT2D eigenvalue weighted by molar-refractivity contribution is 9.10. The fourth-order valence-electron chi connectivity index (χ4n) is 25.5. The molecule has 5 saturated carbocycles. The Morgan fingerprint density at radius 1 is 0.391 bits per heavy atom. The Morgan fingerprint density at radius 2 is 0.695 bits per heavy atom. The highest BCUT2D eigenvalue weighted by Gasteiger charge is 2.72. The number of benzene rings is 5. The molecular formula is C99H125BrN16O12. The maximum Gasteiger partial charge on any atom is 0.262 e. The topological polar surface area (TPSA) is 362 Å². The number of likely N-dealkylation sites (N-methyl/N-ethyl adjacent to an activating group) is 5. The molecule has 10 N–H and O–H groups in total. The number of guanidine groups is 5. The van der Waals surface area contributed by atoms with E-state index in [1.54, 1.807) is 85.0 Å². The van der Waals surface area contributed by atoms with Crippen LogP contribution in [0.2, 0.25) is 0 Å². The molecule has 4 unspecified atom stereocenters. The number of aryl methyl sites for hydroxylation is 1. The summed E-state index contributed by atoms with van der Waals surface area (Å²) >= 11 is 3.55. The van der Waals surface area contributed by atoms with Crippen LogP contribution < -0.4 is 28.7 Å². The molecule has 0 bridgehead atoms. The molecule has 5 heterocycles. The van der Waals surface area contributed by atoms with Crippen molar-refractivity contribution in [3.05, 3.63) is 180 Å². The highest BCUT2D eigenvalue weighted by Crippen LogP contribution is 2.68. The first-order chi connectivity index (χ1) is 61.4. The van der Waals surface area contributed by atoms with Crippen LogP contribution in [0.15, 0.2) is 126 Å². The second-order valence-corrected chi connectivity index (χ2v) is 39.2. The lowest BCUT2D eigenvalue weighted by atomic mass is 9.61. The number of rotatable bonds is 10. The zero-order chi connectivity index (χ0) is 91.1. The summed E-state index contributed by atoms with van der Waals surface area (Å²) in [7, 11) is 20.8. The molecule has 0 aromatic heterocycles. The number of halogens is 1. The minimum absolute atomic E-state index is 0.00715. The van der Waals surface area contributed by atoms with Gasteiger partial charge in [0.05, 0.1) is 37.1 Å². The van der Waals surface area contributed by atoms with Gasteiger partial charge in [-0.1, -0.05) is 101 Å². The van der Waals surface area contributed by atoms with Crippen LogP contribution in [0.5, 0.6) is 0 Å². The van der Waals surface area contributed by atoms with Crippen LogP contribution >= 0.6 is 15.9 Å². The maximum atomic E-state index is 13.6. The van der Waals surface area contributed by atoms with Gasteiger partial charge in [-0.05, 0) is 259 Å². The van der Waals surface area contributed by atoms with Gasteiger partial charge in [0.15, 0.2) is 63.2 Å². The normalized spacial score (nSPS) is 33.3. The Balaban J connectivity index is 0.000000118. The van der Waals surface area contributed by atoms with Crippen LogP contribution in [0.25, 0.3) is 4.85 Å². The molecule has 29 heteroatoms. The van der Waals surface area contributed by atoms with Gasteiger partial charge in [-0.15, -0.1) is 0 Å². The van der Waals surface area contributed by atoms with E-state index < -0.39 is 27.7 Å². The number of ether oxygens (including phenoxy) is 7. The Kier molecular flexibility index (Phi) is 25.0. The molecule has 5 aliphatic heterocycles. The fourth-order valence-corrected chi connectivity index (χ4v) is 25.9. The summed E-state index contributed by atoms with van der Waals surface area (Å²) in [6, 6.07) is 32.9. The molecule has 15 aliphatic rings. The van der Waals surface area contributed by atoms with E-state index in [-0.39, 0.29) is 93.1 Å². The molecule has 28 nitrogen and oxygen atoms in total. The number of fused-ring (bicyclic) bond motifs is 15. The number of hydrogen-bond acceptors (Lipinski definition) is 22. The third-order valence-electron chi connectivity index (χ3n) is 32.6. The minimum Gasteiger partial charge on any atom is -0.385 e. The molecule has 5 fully saturated rings. The zero-order valence-electron chi connectivity index (χ0n) is 76.2. The van der Waals surface area contributed by atoms with Gasteiger partial charge in [0.1, 0.15) is 6.61 Å². The van der Waals surface area contributed by atoms with E-state index in [0.29, 0.717) is 36.1 Å². The Hall–Kier alpha value is -9.95. The minimum atomic E-state index is -0.986. The van der Waals surface area contributed by atoms with Crippen LogP contribution in [-0.2, 0) is 123 Å². The molecule has 680 valence electrons. The molecule has 5 aromatic rings. The van der Waals surface area contributed by atoms with Gasteiger partial charge in [0.25, 0.3) is 29.5 Å². The van der Waals surface area contributed by atoms with E-state index in [9.17, 15) is 24.0 Å². The summed E-state index contributed by atoms with van der Waals surface area (Å²) in [6.45, 7) is 8.44. The second kappa shape index (κ2) is 35.1. The van der Waals surface area contributed by atoms with Crippen molar-refractivity contribution in [3.63, 3.8) is 0 Å². The summed E-state index contributed by atoms with van der Waals surface area (Å²) in [5.41, 5.74) is 38.5. The fraction of sp³-hybridized carbons (Fsp3) is 0.566. The number of nitrogens with zero attached hydrogens (tertiary/aromatic N) is 11. The molecule has 128 heavy (non-hydrogen) atoms. The number of nitrogens with two attached hydrogens (primary N) is 5. The summed E-state index contributed by atoms with van der Waals surface area (Å²) in [5.74, 6) is 7.62. The van der Waals surface area contributed by atoms with E-state index in [4.69, 9.17) is 93.4 Å². The molecule has 0 saturated heterocycles. The van der Waals surface area contributed by atoms with E-state index in [2.05, 4.69) is 81.1 Å². The van der Waals surface area contributed by atoms with Crippen molar-refractivity contribution in [2.24, 2.45) is 80.7 Å². The number of carbonyl (C=O) groups excluding carboxylic acids is 5. The lowest BCUT2D eigenvalue weighted by Gasteiger charge is -2.45. The average Bonchev–Trinajstić information content (AvgIpc) is 1.55. The van der Waals surface area contributed by atoms with E-state index in [1.807, 2.05) is 48.5 Å². The van der Waals surface area contributed by atoms with Crippen LogP contribution in [0.4, 0.5) is 5.69 Å². The standard InChI is InChI=1S/C22H31N3O3.C22H27N3O3.C19H22N4O2.C18H22BrN3O2.C18H23N3O2/c2*1-25-19(26)22(24-20(25)23)18-13-15(5-4-12-27-2)6-7-16(18)14-21(22)10-8-17(28-3)9-11-21;1-21-13-5-4-12-11-18(8-6-14(25-3)7-9-18)19(15(12)10-13)16(24)23(2)17(20)22-19;1-22-15(23)18(21-16(22)20)14-9-12(19)4-3-11(14)10-17(18)7-5-13(24-2)6-8-17;1-21-15(22)18(20-16(21)19)14-6-4-3-5-12(14)11-17(18)9-7-13(23-2)8-10-17/h6-7,13,17H,4-5,8-12,14H2,1-3H3,(H2,23,24);6-7,13,17H,8-12,14H2,1-3H3,(H2,23,24);4-5,10,14H,6-9,11H2,2-3H3,(H2,20,22);3-4,9,13H,5-8,10H2,1-2H3,(H2,20,21);3-6,13H,7-11H2,1-2H3,(H2,19,20)/t;;14?,18?,19-;;/m..0../s1. The first-order valence-corrected chi connectivity index (χ1v) is 46.1. The van der Waals surface area contributed by atoms with Crippen molar-refractivity contribution in [2.45, 2.75) is 232 Å². The van der Waals surface area contributed by atoms with Crippen molar-refractivity contribution in [3.8, 4) is 11.8 Å². The van der Waals surface area contributed by atoms with Crippen molar-refractivity contribution in [1.82, 2.24) is 24.5 Å². The number of hydrogen-bond donors (Lipinski definition) is 5. The highest BCUT2D eigenvalue weighted by atomic mass is 79.9. The predicted octanol–water partition coefficient (Wildman–Crippen LogP) is 10.9. The van der Waals surface area contributed by atoms with Gasteiger partial charge in [0.2, 0.25) is 0 Å². The molecule has 20 rings (SSSR count). The van der Waals surface area contributed by atoms with Gasteiger partial charge in [-0.2, -0.15) is 0 Å². The summed E-state index contributed by atoms with van der Waals surface area (Å²) in [5, 5.41) is 0. The molecule has 10 aliphatic carbocycles. The maximum absolute atomic E-state index is 13.6. The van der Waals surface area contributed by atoms with Gasteiger partial charge >= 0.3 is 0 Å². The number of carbonyl (C=O) groups is 5. The SMILES string of the molecule is COC1CCC2(CC1)Cc1ccc(Br)cc1C21N=C(N)N(C)C1=O.COC1CCC2(CC1)Cc1ccccc1C21N=C(N)N(C)C1=O.COCC#Cc1ccc2c(c1)C1(N=C(N)N(C)C1=O)C1(CCC(OC)CC1)C2.COCCCc1ccc2c(c1)C1(N=C(N)N(C)C1=O)C1(CCC(OC)CC1)C2.[C-]#[N+]c1ccc2c(c1)[C@@]1(N=C(N)N(C)C1=O)C1(CCC(OC)CC1)C2. The summed E-state index contributed by atoms with van der Waals surface area (Å²) < 4.78 is 39.0. The van der Waals surface area contributed by atoms with Gasteiger partial charge in [-0.3, -0.25) is 48.5 Å². The van der Waals surface area contributed by atoms with Crippen molar-refractivity contribution < 1.29 is 57.1 Å². The first-order valence-electron chi connectivity index (χ1n) is 45.3. The zero-order valence-corrected chi connectivity index (χ0v) is 77.8.